The zero-order valence-corrected chi connectivity index (χ0v) is 12.9. The lowest BCUT2D eigenvalue weighted by molar-refractivity contribution is 0.605. The van der Waals surface area contributed by atoms with E-state index < -0.39 is 9.84 Å². The molecule has 2 aromatic carbocycles. The van der Waals surface area contributed by atoms with Gasteiger partial charge < -0.3 is 0 Å². The van der Waals surface area contributed by atoms with E-state index in [1.807, 2.05) is 24.3 Å². The Morgan fingerprint density at radius 1 is 0.947 bits per heavy atom. The molecule has 0 aliphatic carbocycles. The first kappa shape index (κ1) is 14.3. The second-order valence-electron chi connectivity index (χ2n) is 3.85. The molecular weight excluding hydrogens is 348 g/mol. The van der Waals surface area contributed by atoms with Gasteiger partial charge in [-0.25, -0.2) is 8.42 Å². The largest absolute Gasteiger partial charge is 0.219 e. The lowest BCUT2D eigenvalue weighted by Gasteiger charge is -1.99. The third-order valence-electron chi connectivity index (χ3n) is 2.45. The number of rotatable bonds is 3. The molecule has 2 aromatic rings. The van der Waals surface area contributed by atoms with Crippen LogP contribution in [0.1, 0.15) is 5.56 Å². The van der Waals surface area contributed by atoms with E-state index in [4.69, 9.17) is 11.6 Å². The van der Waals surface area contributed by atoms with Crippen LogP contribution in [0.15, 0.2) is 63.3 Å². The van der Waals surface area contributed by atoms with Crippen LogP contribution < -0.4 is 0 Å². The van der Waals surface area contributed by atoms with Crippen LogP contribution in [0.3, 0.4) is 0 Å². The minimum Gasteiger partial charge on any atom is -0.219 e. The van der Waals surface area contributed by atoms with Crippen molar-refractivity contribution in [3.8, 4) is 0 Å². The average Bonchev–Trinajstić information content (AvgIpc) is 2.39. The van der Waals surface area contributed by atoms with Crippen LogP contribution in [0.5, 0.6) is 0 Å². The van der Waals surface area contributed by atoms with Gasteiger partial charge in [0.05, 0.1) is 4.90 Å². The van der Waals surface area contributed by atoms with E-state index in [0.29, 0.717) is 5.02 Å². The highest BCUT2D eigenvalue weighted by Gasteiger charge is 2.09. The Balaban J connectivity index is 2.26. The third-order valence-corrected chi connectivity index (χ3v) is 4.66. The molecule has 0 atom stereocenters. The van der Waals surface area contributed by atoms with Crippen molar-refractivity contribution < 1.29 is 8.42 Å². The predicted molar refractivity (Wildman–Crippen MR) is 81.8 cm³/mol. The van der Waals surface area contributed by atoms with Crippen molar-refractivity contribution in [3.05, 3.63) is 69.0 Å². The summed E-state index contributed by atoms with van der Waals surface area (Å²) in [6, 6.07) is 13.5. The van der Waals surface area contributed by atoms with Crippen LogP contribution in [-0.4, -0.2) is 8.42 Å². The highest BCUT2D eigenvalue weighted by molar-refractivity contribution is 9.10. The molecule has 0 radical (unpaired) electrons. The van der Waals surface area contributed by atoms with Crippen LogP contribution in [0, 0.1) is 0 Å². The number of hydrogen-bond acceptors (Lipinski definition) is 2. The quantitative estimate of drug-likeness (QED) is 0.807. The topological polar surface area (TPSA) is 34.1 Å². The fourth-order valence-corrected chi connectivity index (χ4v) is 2.84. The predicted octanol–water partition coefficient (Wildman–Crippen LogP) is 4.55. The minimum absolute atomic E-state index is 0.227. The van der Waals surface area contributed by atoms with Gasteiger partial charge in [-0.3, -0.25) is 0 Å². The maximum atomic E-state index is 12.0. The molecule has 5 heteroatoms. The van der Waals surface area contributed by atoms with E-state index in [0.717, 1.165) is 10.0 Å². The lowest BCUT2D eigenvalue weighted by Crippen LogP contribution is -1.95. The summed E-state index contributed by atoms with van der Waals surface area (Å²) in [7, 11) is -3.44. The van der Waals surface area contributed by atoms with Gasteiger partial charge in [0.25, 0.3) is 0 Å². The van der Waals surface area contributed by atoms with E-state index in [1.54, 1.807) is 18.2 Å². The molecule has 19 heavy (non-hydrogen) atoms. The van der Waals surface area contributed by atoms with Crippen molar-refractivity contribution in [2.24, 2.45) is 0 Å². The van der Waals surface area contributed by atoms with Gasteiger partial charge in [0, 0.05) is 14.9 Å². The second kappa shape index (κ2) is 5.90. The standard InChI is InChI=1S/C14H10BrClO2S/c15-12-3-1-11(2-4-12)9-10-19(17,18)14-7-5-13(16)6-8-14/h1-10H. The first-order valence-electron chi connectivity index (χ1n) is 5.42. The second-order valence-corrected chi connectivity index (χ2v) is 7.04. The van der Waals surface area contributed by atoms with Gasteiger partial charge in [-0.1, -0.05) is 39.7 Å². The molecule has 0 saturated carbocycles. The highest BCUT2D eigenvalue weighted by atomic mass is 79.9. The summed E-state index contributed by atoms with van der Waals surface area (Å²) in [5.74, 6) is 0. The van der Waals surface area contributed by atoms with Gasteiger partial charge in [-0.05, 0) is 48.0 Å². The van der Waals surface area contributed by atoms with Gasteiger partial charge in [-0.15, -0.1) is 0 Å². The first-order valence-corrected chi connectivity index (χ1v) is 8.13. The molecule has 98 valence electrons. The number of sulfone groups is 1. The molecule has 0 aromatic heterocycles. The zero-order chi connectivity index (χ0) is 13.9. The summed E-state index contributed by atoms with van der Waals surface area (Å²) in [5.41, 5.74) is 0.820. The van der Waals surface area contributed by atoms with Crippen molar-refractivity contribution in [2.45, 2.75) is 4.90 Å². The zero-order valence-electron chi connectivity index (χ0n) is 9.75. The Hall–Kier alpha value is -1.10. The molecule has 0 spiro atoms. The molecule has 0 amide bonds. The van der Waals surface area contributed by atoms with Gasteiger partial charge in [0.15, 0.2) is 9.84 Å². The van der Waals surface area contributed by atoms with Crippen LogP contribution in [0.4, 0.5) is 0 Å². The SMILES string of the molecule is O=S(=O)(C=Cc1ccc(Br)cc1)c1ccc(Cl)cc1. The Kier molecular flexibility index (Phi) is 4.45. The summed E-state index contributed by atoms with van der Waals surface area (Å²) in [6.45, 7) is 0. The van der Waals surface area contributed by atoms with Crippen molar-refractivity contribution in [1.82, 2.24) is 0 Å². The normalized spacial score (nSPS) is 11.9. The Morgan fingerprint density at radius 3 is 2.11 bits per heavy atom. The van der Waals surface area contributed by atoms with Crippen molar-refractivity contribution in [1.29, 1.82) is 0 Å². The number of benzene rings is 2. The van der Waals surface area contributed by atoms with Gasteiger partial charge in [0.2, 0.25) is 0 Å². The van der Waals surface area contributed by atoms with E-state index in [2.05, 4.69) is 15.9 Å². The lowest BCUT2D eigenvalue weighted by atomic mass is 10.2. The summed E-state index contributed by atoms with van der Waals surface area (Å²) in [4.78, 5) is 0.227. The number of hydrogen-bond donors (Lipinski definition) is 0. The monoisotopic (exact) mass is 356 g/mol. The van der Waals surface area contributed by atoms with Crippen LogP contribution in [0.25, 0.3) is 6.08 Å². The fraction of sp³-hybridized carbons (Fsp3) is 0. The summed E-state index contributed by atoms with van der Waals surface area (Å²) < 4.78 is 25.0. The number of halogens is 2. The minimum atomic E-state index is -3.44. The molecule has 0 saturated heterocycles. The molecular formula is C14H10BrClO2S. The van der Waals surface area contributed by atoms with E-state index in [9.17, 15) is 8.42 Å². The molecule has 0 unspecified atom stereocenters. The van der Waals surface area contributed by atoms with Gasteiger partial charge in [-0.2, -0.15) is 0 Å². The Bertz CT molecular complexity index is 689. The fourth-order valence-electron chi connectivity index (χ4n) is 1.44. The summed E-state index contributed by atoms with van der Waals surface area (Å²) in [6.07, 6.45) is 1.57. The molecule has 0 aliphatic heterocycles. The molecule has 0 bridgehead atoms. The highest BCUT2D eigenvalue weighted by Crippen LogP contribution is 2.18. The Labute approximate surface area is 125 Å². The Morgan fingerprint density at radius 2 is 1.53 bits per heavy atom. The maximum Gasteiger partial charge on any atom is 0.199 e. The van der Waals surface area contributed by atoms with Crippen molar-refractivity contribution in [2.75, 3.05) is 0 Å². The molecule has 0 N–H and O–H groups in total. The third kappa shape index (κ3) is 3.93. The van der Waals surface area contributed by atoms with E-state index >= 15 is 0 Å². The molecule has 0 fully saturated rings. The van der Waals surface area contributed by atoms with Crippen LogP contribution in [-0.2, 0) is 9.84 Å². The van der Waals surface area contributed by atoms with Crippen LogP contribution >= 0.6 is 27.5 Å². The smallest absolute Gasteiger partial charge is 0.199 e. The van der Waals surface area contributed by atoms with Crippen molar-refractivity contribution >= 4 is 43.4 Å². The van der Waals surface area contributed by atoms with Gasteiger partial charge >= 0.3 is 0 Å². The van der Waals surface area contributed by atoms with E-state index in [1.165, 1.54) is 17.5 Å². The van der Waals surface area contributed by atoms with Crippen LogP contribution in [0.2, 0.25) is 5.02 Å². The summed E-state index contributed by atoms with van der Waals surface area (Å²) >= 11 is 9.06. The van der Waals surface area contributed by atoms with Crippen molar-refractivity contribution in [3.63, 3.8) is 0 Å². The average molecular weight is 358 g/mol. The molecule has 0 aliphatic rings. The van der Waals surface area contributed by atoms with E-state index in [-0.39, 0.29) is 4.90 Å². The molecule has 2 nitrogen and oxygen atoms in total. The summed E-state index contributed by atoms with van der Waals surface area (Å²) in [5, 5.41) is 1.70. The molecule has 0 heterocycles. The first-order chi connectivity index (χ1) is 8.97. The maximum absolute atomic E-state index is 12.0. The molecule has 2 rings (SSSR count). The van der Waals surface area contributed by atoms with Gasteiger partial charge in [0.1, 0.15) is 0 Å².